The lowest BCUT2D eigenvalue weighted by molar-refractivity contribution is 0.0722. The van der Waals surface area contributed by atoms with Gasteiger partial charge in [-0.25, -0.2) is 4.39 Å². The third-order valence-electron chi connectivity index (χ3n) is 5.79. The number of fused-ring (bicyclic) bond motifs is 2. The van der Waals surface area contributed by atoms with E-state index in [0.29, 0.717) is 36.6 Å². The van der Waals surface area contributed by atoms with Crippen LogP contribution in [0.15, 0.2) is 58.3 Å². The van der Waals surface area contributed by atoms with Crippen LogP contribution in [-0.4, -0.2) is 56.6 Å². The molecule has 1 aliphatic heterocycles. The summed E-state index contributed by atoms with van der Waals surface area (Å²) in [5.41, 5.74) is 0.630. The summed E-state index contributed by atoms with van der Waals surface area (Å²) in [6.07, 6.45) is 2.32. The predicted molar refractivity (Wildman–Crippen MR) is 127 cm³/mol. The molecule has 1 aliphatic rings. The van der Waals surface area contributed by atoms with Crippen LogP contribution in [0.5, 0.6) is 11.5 Å². The summed E-state index contributed by atoms with van der Waals surface area (Å²) in [5.74, 6) is 0.0546. The number of methoxy groups -OCH3 is 1. The summed E-state index contributed by atoms with van der Waals surface area (Å²) in [7, 11) is 5.43. The molecule has 1 aromatic heterocycles. The van der Waals surface area contributed by atoms with Gasteiger partial charge in [-0.2, -0.15) is 0 Å². The molecule has 4 rings (SSSR count). The number of ether oxygens (including phenoxy) is 2. The number of carbonyl (C=O) groups is 1. The second kappa shape index (κ2) is 9.69. The van der Waals surface area contributed by atoms with Crippen molar-refractivity contribution in [2.24, 2.45) is 0 Å². The Morgan fingerprint density at radius 2 is 1.97 bits per heavy atom. The van der Waals surface area contributed by atoms with Gasteiger partial charge in [0.2, 0.25) is 5.76 Å². The average molecular weight is 467 g/mol. The quantitative estimate of drug-likeness (QED) is 0.444. The summed E-state index contributed by atoms with van der Waals surface area (Å²) in [6, 6.07) is 8.30. The molecular weight excluding hydrogens is 439 g/mol. The fourth-order valence-corrected chi connectivity index (χ4v) is 4.25. The Labute approximate surface area is 197 Å². The van der Waals surface area contributed by atoms with E-state index in [4.69, 9.17) is 13.9 Å². The smallest absolute Gasteiger partial charge is 0.290 e. The largest absolute Gasteiger partial charge is 0.493 e. The first-order chi connectivity index (χ1) is 16.3. The molecule has 0 N–H and O–H groups in total. The third-order valence-corrected chi connectivity index (χ3v) is 5.79. The highest BCUT2D eigenvalue weighted by atomic mass is 19.1. The van der Waals surface area contributed by atoms with Gasteiger partial charge in [0.25, 0.3) is 5.91 Å². The number of nitrogens with zero attached hydrogens (tertiary/aromatic N) is 2. The Hall–Kier alpha value is -3.65. The molecule has 3 aromatic rings. The first kappa shape index (κ1) is 23.5. The van der Waals surface area contributed by atoms with Crippen LogP contribution in [0.25, 0.3) is 11.0 Å². The second-order valence-corrected chi connectivity index (χ2v) is 8.38. The van der Waals surface area contributed by atoms with E-state index in [-0.39, 0.29) is 28.2 Å². The number of rotatable bonds is 9. The molecular formula is C26H27FN2O5. The molecule has 1 amide bonds. The number of carbonyl (C=O) groups excluding carboxylic acids is 1. The zero-order valence-electron chi connectivity index (χ0n) is 19.5. The van der Waals surface area contributed by atoms with Gasteiger partial charge in [0.1, 0.15) is 18.0 Å². The molecule has 8 heteroatoms. The van der Waals surface area contributed by atoms with E-state index in [1.165, 1.54) is 19.2 Å². The summed E-state index contributed by atoms with van der Waals surface area (Å²) >= 11 is 0. The lowest BCUT2D eigenvalue weighted by Gasteiger charge is -2.26. The molecule has 0 spiro atoms. The van der Waals surface area contributed by atoms with Crippen LogP contribution in [0.4, 0.5) is 4.39 Å². The summed E-state index contributed by atoms with van der Waals surface area (Å²) in [5, 5.41) is 0.101. The average Bonchev–Trinajstić information content (AvgIpc) is 3.10. The lowest BCUT2D eigenvalue weighted by Crippen LogP contribution is -2.32. The molecule has 2 heterocycles. The maximum atomic E-state index is 13.9. The molecule has 1 atom stereocenters. The predicted octanol–water partition coefficient (Wildman–Crippen LogP) is 4.00. The molecule has 0 saturated carbocycles. The van der Waals surface area contributed by atoms with Crippen LogP contribution >= 0.6 is 0 Å². The normalized spacial score (nSPS) is 15.1. The Morgan fingerprint density at radius 3 is 2.68 bits per heavy atom. The molecule has 0 saturated heterocycles. The fourth-order valence-electron chi connectivity index (χ4n) is 4.25. The zero-order chi connectivity index (χ0) is 24.4. The van der Waals surface area contributed by atoms with Crippen molar-refractivity contribution >= 4 is 16.9 Å². The van der Waals surface area contributed by atoms with Gasteiger partial charge in [-0.05, 0) is 63.0 Å². The minimum atomic E-state index is -0.698. The van der Waals surface area contributed by atoms with E-state index in [1.54, 1.807) is 29.2 Å². The molecule has 0 aliphatic carbocycles. The van der Waals surface area contributed by atoms with Gasteiger partial charge < -0.3 is 23.7 Å². The zero-order valence-corrected chi connectivity index (χ0v) is 19.5. The van der Waals surface area contributed by atoms with E-state index >= 15 is 0 Å². The molecule has 178 valence electrons. The number of hydrogen-bond acceptors (Lipinski definition) is 6. The molecule has 0 bridgehead atoms. The van der Waals surface area contributed by atoms with Crippen molar-refractivity contribution < 1.29 is 23.1 Å². The summed E-state index contributed by atoms with van der Waals surface area (Å²) < 4.78 is 30.9. The summed E-state index contributed by atoms with van der Waals surface area (Å²) in [4.78, 5) is 30.6. The van der Waals surface area contributed by atoms with Crippen molar-refractivity contribution in [1.82, 2.24) is 9.80 Å². The van der Waals surface area contributed by atoms with Crippen molar-refractivity contribution in [1.29, 1.82) is 0 Å². The first-order valence-corrected chi connectivity index (χ1v) is 11.0. The van der Waals surface area contributed by atoms with E-state index in [9.17, 15) is 14.0 Å². The van der Waals surface area contributed by atoms with Gasteiger partial charge in [0.05, 0.1) is 24.1 Å². The van der Waals surface area contributed by atoms with Crippen molar-refractivity contribution in [2.75, 3.05) is 40.9 Å². The number of hydrogen-bond donors (Lipinski definition) is 0. The SMILES string of the molecule is C=CCOc1ccc([C@H]2c3c(oc4ccc(F)cc4c3=O)C(=O)N2CCCN(C)C)cc1OC. The monoisotopic (exact) mass is 466 g/mol. The number of halogens is 1. The minimum Gasteiger partial charge on any atom is -0.493 e. The minimum absolute atomic E-state index is 0.00934. The highest BCUT2D eigenvalue weighted by Crippen LogP contribution is 2.41. The Morgan fingerprint density at radius 1 is 1.18 bits per heavy atom. The van der Waals surface area contributed by atoms with Gasteiger partial charge in [0.15, 0.2) is 16.9 Å². The Balaban J connectivity index is 1.86. The van der Waals surface area contributed by atoms with E-state index in [2.05, 4.69) is 6.58 Å². The van der Waals surface area contributed by atoms with Gasteiger partial charge in [-0.1, -0.05) is 18.7 Å². The van der Waals surface area contributed by atoms with Crippen LogP contribution in [0.1, 0.15) is 34.1 Å². The van der Waals surface area contributed by atoms with Gasteiger partial charge >= 0.3 is 0 Å². The van der Waals surface area contributed by atoms with Crippen molar-refractivity contribution in [3.63, 3.8) is 0 Å². The Kier molecular flexibility index (Phi) is 6.70. The molecule has 0 fully saturated rings. The van der Waals surface area contributed by atoms with E-state index in [0.717, 1.165) is 12.6 Å². The number of benzene rings is 2. The van der Waals surface area contributed by atoms with Gasteiger partial charge in [-0.3, -0.25) is 9.59 Å². The molecule has 0 unspecified atom stereocenters. The lowest BCUT2D eigenvalue weighted by atomic mass is 9.98. The van der Waals surface area contributed by atoms with Crippen LogP contribution in [-0.2, 0) is 0 Å². The van der Waals surface area contributed by atoms with E-state index < -0.39 is 17.3 Å². The second-order valence-electron chi connectivity index (χ2n) is 8.38. The number of amides is 1. The van der Waals surface area contributed by atoms with E-state index in [1.807, 2.05) is 19.0 Å². The van der Waals surface area contributed by atoms with Crippen molar-refractivity contribution in [3.8, 4) is 11.5 Å². The van der Waals surface area contributed by atoms with Crippen LogP contribution < -0.4 is 14.9 Å². The third kappa shape index (κ3) is 4.28. The Bertz CT molecular complexity index is 1300. The van der Waals surface area contributed by atoms with Crippen LogP contribution in [0.2, 0.25) is 0 Å². The summed E-state index contributed by atoms with van der Waals surface area (Å²) in [6.45, 7) is 5.13. The van der Waals surface area contributed by atoms with Crippen LogP contribution in [0.3, 0.4) is 0 Å². The standard InChI is InChI=1S/C26H27FN2O5/c1-5-13-33-20-9-7-16(14-21(20)32-4)23-22-24(30)18-15-17(27)8-10-19(18)34-25(22)26(31)29(23)12-6-11-28(2)3/h5,7-10,14-15,23H,1,6,11-13H2,2-4H3/t23-/m0/s1. The van der Waals surface area contributed by atoms with Crippen molar-refractivity contribution in [3.05, 3.63) is 82.0 Å². The van der Waals surface area contributed by atoms with Gasteiger partial charge in [-0.15, -0.1) is 0 Å². The van der Waals surface area contributed by atoms with Crippen LogP contribution in [0, 0.1) is 5.82 Å². The highest BCUT2D eigenvalue weighted by molar-refractivity contribution is 5.99. The maximum Gasteiger partial charge on any atom is 0.290 e. The first-order valence-electron chi connectivity index (χ1n) is 11.0. The molecule has 0 radical (unpaired) electrons. The van der Waals surface area contributed by atoms with Gasteiger partial charge in [0, 0.05) is 6.54 Å². The topological polar surface area (TPSA) is 72.2 Å². The fraction of sp³-hybridized carbons (Fsp3) is 0.308. The molecule has 34 heavy (non-hydrogen) atoms. The molecule has 2 aromatic carbocycles. The molecule has 7 nitrogen and oxygen atoms in total. The highest BCUT2D eigenvalue weighted by Gasteiger charge is 2.42. The maximum absolute atomic E-state index is 13.9. The van der Waals surface area contributed by atoms with Crippen molar-refractivity contribution in [2.45, 2.75) is 12.5 Å².